The van der Waals surface area contributed by atoms with Gasteiger partial charge >= 0.3 is 12.1 Å². The van der Waals surface area contributed by atoms with E-state index in [0.29, 0.717) is 11.3 Å². The van der Waals surface area contributed by atoms with Crippen LogP contribution in [0.5, 0.6) is 5.75 Å². The summed E-state index contributed by atoms with van der Waals surface area (Å²) in [5.74, 6) is -0.372. The fourth-order valence-electron chi connectivity index (χ4n) is 4.19. The van der Waals surface area contributed by atoms with Crippen LogP contribution in [0.1, 0.15) is 28.2 Å². The minimum atomic E-state index is -0.925. The third-order valence-corrected chi connectivity index (χ3v) is 5.66. The van der Waals surface area contributed by atoms with Gasteiger partial charge in [0.15, 0.2) is 0 Å². The molecule has 4 rings (SSSR count). The van der Waals surface area contributed by atoms with E-state index in [2.05, 4.69) is 29.6 Å². The van der Waals surface area contributed by atoms with Crippen molar-refractivity contribution < 1.29 is 24.2 Å². The van der Waals surface area contributed by atoms with Crippen LogP contribution in [0.15, 0.2) is 72.8 Å². The maximum Gasteiger partial charge on any atom is 0.407 e. The Balaban J connectivity index is 1.32. The van der Waals surface area contributed by atoms with Crippen LogP contribution in [0.4, 0.5) is 4.79 Å². The summed E-state index contributed by atoms with van der Waals surface area (Å²) >= 11 is 0. The number of hydrogen-bond acceptors (Lipinski definition) is 4. The number of nitrogens with one attached hydrogen (secondary N) is 1. The van der Waals surface area contributed by atoms with Crippen molar-refractivity contribution in [1.29, 1.82) is 0 Å². The van der Waals surface area contributed by atoms with Crippen LogP contribution >= 0.6 is 0 Å². The van der Waals surface area contributed by atoms with E-state index in [4.69, 9.17) is 14.6 Å². The molecule has 0 aliphatic heterocycles. The molecule has 0 fully saturated rings. The van der Waals surface area contributed by atoms with Gasteiger partial charge in [-0.05, 0) is 39.9 Å². The van der Waals surface area contributed by atoms with E-state index in [-0.39, 0.29) is 25.5 Å². The Morgan fingerprint density at radius 2 is 1.67 bits per heavy atom. The fraction of sp³-hybridized carbons (Fsp3) is 0.185. The first kappa shape index (κ1) is 22.1. The SMILES string of the molecule is COc1ccc(C=CCNC(=O)OCC2c3ccccc3-c3ccccc32)cc1CC(=O)O. The number of rotatable bonds is 8. The number of alkyl carbamates (subject to hydrolysis) is 1. The van der Waals surface area contributed by atoms with E-state index in [9.17, 15) is 9.59 Å². The number of carbonyl (C=O) groups excluding carboxylic acids is 1. The van der Waals surface area contributed by atoms with E-state index >= 15 is 0 Å². The first-order chi connectivity index (χ1) is 16.1. The Hall–Kier alpha value is -4.06. The van der Waals surface area contributed by atoms with Crippen LogP contribution in [-0.4, -0.2) is 37.4 Å². The topological polar surface area (TPSA) is 84.9 Å². The van der Waals surface area contributed by atoms with Gasteiger partial charge in [0.25, 0.3) is 0 Å². The van der Waals surface area contributed by atoms with Gasteiger partial charge in [0.2, 0.25) is 0 Å². The summed E-state index contributed by atoms with van der Waals surface area (Å²) in [6.45, 7) is 0.553. The van der Waals surface area contributed by atoms with Gasteiger partial charge in [0, 0.05) is 18.0 Å². The molecule has 3 aromatic rings. The quantitative estimate of drug-likeness (QED) is 0.519. The summed E-state index contributed by atoms with van der Waals surface area (Å²) in [5.41, 5.74) is 6.13. The van der Waals surface area contributed by atoms with Crippen molar-refractivity contribution in [3.8, 4) is 16.9 Å². The van der Waals surface area contributed by atoms with Gasteiger partial charge in [-0.1, -0.05) is 66.7 Å². The number of carboxylic acids is 1. The van der Waals surface area contributed by atoms with Gasteiger partial charge in [-0.15, -0.1) is 0 Å². The molecule has 168 valence electrons. The number of amides is 1. The lowest BCUT2D eigenvalue weighted by Gasteiger charge is -2.14. The molecular weight excluding hydrogens is 418 g/mol. The average Bonchev–Trinajstić information content (AvgIpc) is 3.14. The molecule has 1 amide bonds. The summed E-state index contributed by atoms with van der Waals surface area (Å²) in [5, 5.41) is 11.8. The van der Waals surface area contributed by atoms with Crippen LogP contribution in [-0.2, 0) is 16.0 Å². The molecular formula is C27H25NO5. The lowest BCUT2D eigenvalue weighted by Crippen LogP contribution is -2.26. The number of carbonyl (C=O) groups is 2. The minimum Gasteiger partial charge on any atom is -0.496 e. The number of hydrogen-bond donors (Lipinski definition) is 2. The van der Waals surface area contributed by atoms with E-state index in [1.165, 1.54) is 29.4 Å². The molecule has 0 bridgehead atoms. The Labute approximate surface area is 192 Å². The third-order valence-electron chi connectivity index (χ3n) is 5.66. The highest BCUT2D eigenvalue weighted by Gasteiger charge is 2.28. The molecule has 0 unspecified atom stereocenters. The molecule has 1 aliphatic carbocycles. The summed E-state index contributed by atoms with van der Waals surface area (Å²) in [6, 6.07) is 21.7. The number of aliphatic carboxylic acids is 1. The second-order valence-corrected chi connectivity index (χ2v) is 7.75. The van der Waals surface area contributed by atoms with Gasteiger partial charge < -0.3 is 19.9 Å². The van der Waals surface area contributed by atoms with Crippen molar-refractivity contribution in [3.63, 3.8) is 0 Å². The predicted octanol–water partition coefficient (Wildman–Crippen LogP) is 4.87. The molecule has 0 aromatic heterocycles. The zero-order valence-corrected chi connectivity index (χ0v) is 18.3. The predicted molar refractivity (Wildman–Crippen MR) is 126 cm³/mol. The summed E-state index contributed by atoms with van der Waals surface area (Å²) in [6.07, 6.45) is 2.99. The summed E-state index contributed by atoms with van der Waals surface area (Å²) in [4.78, 5) is 23.3. The van der Waals surface area contributed by atoms with E-state index < -0.39 is 12.1 Å². The van der Waals surface area contributed by atoms with Crippen LogP contribution < -0.4 is 10.1 Å². The van der Waals surface area contributed by atoms with Gasteiger partial charge in [-0.3, -0.25) is 4.79 Å². The molecule has 1 aliphatic rings. The maximum absolute atomic E-state index is 12.2. The highest BCUT2D eigenvalue weighted by molar-refractivity contribution is 5.79. The summed E-state index contributed by atoms with van der Waals surface area (Å²) in [7, 11) is 1.51. The third kappa shape index (κ3) is 5.06. The van der Waals surface area contributed by atoms with Gasteiger partial charge in [-0.25, -0.2) is 4.79 Å². The Kier molecular flexibility index (Phi) is 6.74. The second-order valence-electron chi connectivity index (χ2n) is 7.75. The average molecular weight is 443 g/mol. The van der Waals surface area contributed by atoms with Crippen LogP contribution in [0.2, 0.25) is 0 Å². The highest BCUT2D eigenvalue weighted by Crippen LogP contribution is 2.44. The molecule has 0 saturated carbocycles. The summed E-state index contributed by atoms with van der Waals surface area (Å²) < 4.78 is 10.7. The molecule has 0 heterocycles. The van der Waals surface area contributed by atoms with Crippen molar-refractivity contribution in [2.45, 2.75) is 12.3 Å². The fourth-order valence-corrected chi connectivity index (χ4v) is 4.19. The Morgan fingerprint density at radius 1 is 1.00 bits per heavy atom. The molecule has 2 N–H and O–H groups in total. The first-order valence-corrected chi connectivity index (χ1v) is 10.7. The zero-order chi connectivity index (χ0) is 23.2. The van der Waals surface area contributed by atoms with E-state index in [1.54, 1.807) is 18.2 Å². The van der Waals surface area contributed by atoms with Gasteiger partial charge in [0.1, 0.15) is 12.4 Å². The van der Waals surface area contributed by atoms with Crippen molar-refractivity contribution in [3.05, 3.63) is 95.1 Å². The van der Waals surface area contributed by atoms with Crippen molar-refractivity contribution >= 4 is 18.1 Å². The molecule has 6 heteroatoms. The molecule has 33 heavy (non-hydrogen) atoms. The lowest BCUT2D eigenvalue weighted by molar-refractivity contribution is -0.136. The van der Waals surface area contributed by atoms with Gasteiger partial charge in [0.05, 0.1) is 13.5 Å². The lowest BCUT2D eigenvalue weighted by atomic mass is 9.98. The maximum atomic E-state index is 12.2. The van der Waals surface area contributed by atoms with Crippen molar-refractivity contribution in [2.24, 2.45) is 0 Å². The number of fused-ring (bicyclic) bond motifs is 3. The minimum absolute atomic E-state index is 0.0191. The van der Waals surface area contributed by atoms with Gasteiger partial charge in [-0.2, -0.15) is 0 Å². The Bertz CT molecular complexity index is 1160. The molecule has 0 atom stereocenters. The first-order valence-electron chi connectivity index (χ1n) is 10.7. The standard InChI is InChI=1S/C27H25NO5/c1-32-25-13-12-18(15-19(25)16-26(29)30)7-6-14-28-27(31)33-17-24-22-10-4-2-8-20(22)21-9-3-5-11-23(21)24/h2-13,15,24H,14,16-17H2,1H3,(H,28,31)(H,29,30). The molecule has 0 saturated heterocycles. The number of benzene rings is 3. The molecule has 0 radical (unpaired) electrons. The molecule has 3 aromatic carbocycles. The molecule has 0 spiro atoms. The smallest absolute Gasteiger partial charge is 0.407 e. The van der Waals surface area contributed by atoms with Crippen LogP contribution in [0.25, 0.3) is 17.2 Å². The monoisotopic (exact) mass is 443 g/mol. The number of ether oxygens (including phenoxy) is 2. The largest absolute Gasteiger partial charge is 0.496 e. The van der Waals surface area contributed by atoms with Crippen molar-refractivity contribution in [2.75, 3.05) is 20.3 Å². The highest BCUT2D eigenvalue weighted by atomic mass is 16.5. The molecule has 6 nitrogen and oxygen atoms in total. The second kappa shape index (κ2) is 10.0. The Morgan fingerprint density at radius 3 is 2.30 bits per heavy atom. The van der Waals surface area contributed by atoms with Crippen LogP contribution in [0, 0.1) is 0 Å². The van der Waals surface area contributed by atoms with Crippen molar-refractivity contribution in [1.82, 2.24) is 5.32 Å². The van der Waals surface area contributed by atoms with E-state index in [1.807, 2.05) is 36.4 Å². The normalized spacial score (nSPS) is 12.3. The van der Waals surface area contributed by atoms with E-state index in [0.717, 1.165) is 5.56 Å². The van der Waals surface area contributed by atoms with Crippen LogP contribution in [0.3, 0.4) is 0 Å². The number of carboxylic acid groups (broad SMARTS) is 1. The number of methoxy groups -OCH3 is 1. The zero-order valence-electron chi connectivity index (χ0n) is 18.3.